The molecule has 1 fully saturated rings. The van der Waals surface area contributed by atoms with Crippen LogP contribution < -0.4 is 10.2 Å². The Balaban J connectivity index is 1.73. The summed E-state index contributed by atoms with van der Waals surface area (Å²) in [5.41, 5.74) is 3.78. The molecule has 0 spiro atoms. The van der Waals surface area contributed by atoms with E-state index in [2.05, 4.69) is 5.32 Å². The minimum Gasteiger partial charge on any atom is -0.326 e. The molecule has 124 valence electrons. The third-order valence-electron chi connectivity index (χ3n) is 4.47. The Morgan fingerprint density at radius 3 is 2.58 bits per heavy atom. The van der Waals surface area contributed by atoms with E-state index in [1.165, 1.54) is 0 Å². The molecule has 4 nitrogen and oxygen atoms in total. The fourth-order valence-electron chi connectivity index (χ4n) is 2.92. The van der Waals surface area contributed by atoms with Gasteiger partial charge in [0.05, 0.1) is 5.92 Å². The van der Waals surface area contributed by atoms with E-state index in [1.54, 1.807) is 29.2 Å². The van der Waals surface area contributed by atoms with Crippen LogP contribution in [0.2, 0.25) is 5.02 Å². The maximum atomic E-state index is 12.5. The Kier molecular flexibility index (Phi) is 4.58. The van der Waals surface area contributed by atoms with Gasteiger partial charge in [0.15, 0.2) is 0 Å². The summed E-state index contributed by atoms with van der Waals surface area (Å²) in [7, 11) is 0. The van der Waals surface area contributed by atoms with Crippen LogP contribution in [-0.4, -0.2) is 18.4 Å². The number of carbonyl (C=O) groups excluding carboxylic acids is 2. The number of anilines is 2. The number of halogens is 1. The largest absolute Gasteiger partial charge is 0.326 e. The first-order valence-corrected chi connectivity index (χ1v) is 8.26. The highest BCUT2D eigenvalue weighted by atomic mass is 35.5. The molecular formula is C19H19ClN2O2. The second-order valence-corrected chi connectivity index (χ2v) is 6.56. The normalized spacial score (nSPS) is 17.2. The summed E-state index contributed by atoms with van der Waals surface area (Å²) in [5, 5.41) is 3.47. The molecule has 2 amide bonds. The molecule has 2 aromatic rings. The molecule has 5 heteroatoms. The van der Waals surface area contributed by atoms with E-state index in [9.17, 15) is 9.59 Å². The number of amides is 2. The molecule has 1 aliphatic rings. The zero-order chi connectivity index (χ0) is 17.3. The van der Waals surface area contributed by atoms with E-state index in [0.717, 1.165) is 16.8 Å². The van der Waals surface area contributed by atoms with Gasteiger partial charge < -0.3 is 10.2 Å². The molecule has 24 heavy (non-hydrogen) atoms. The Morgan fingerprint density at radius 1 is 1.17 bits per heavy atom. The number of nitrogens with one attached hydrogen (secondary N) is 1. The highest BCUT2D eigenvalue weighted by molar-refractivity contribution is 6.30. The molecule has 0 radical (unpaired) electrons. The summed E-state index contributed by atoms with van der Waals surface area (Å²) in [6.45, 7) is 4.42. The average molecular weight is 343 g/mol. The second-order valence-electron chi connectivity index (χ2n) is 6.12. The fourth-order valence-corrected chi connectivity index (χ4v) is 3.05. The second kappa shape index (κ2) is 6.65. The van der Waals surface area contributed by atoms with Crippen molar-refractivity contribution in [3.8, 4) is 0 Å². The van der Waals surface area contributed by atoms with Crippen LogP contribution in [0.25, 0.3) is 0 Å². The van der Waals surface area contributed by atoms with Crippen molar-refractivity contribution in [1.82, 2.24) is 0 Å². The van der Waals surface area contributed by atoms with E-state index in [1.807, 2.05) is 32.0 Å². The van der Waals surface area contributed by atoms with Crippen LogP contribution in [0.5, 0.6) is 0 Å². The lowest BCUT2D eigenvalue weighted by molar-refractivity contribution is -0.122. The first-order valence-electron chi connectivity index (χ1n) is 7.88. The van der Waals surface area contributed by atoms with Crippen molar-refractivity contribution in [3.05, 3.63) is 58.6 Å². The molecule has 1 atom stereocenters. The number of carbonyl (C=O) groups is 2. The lowest BCUT2D eigenvalue weighted by Crippen LogP contribution is -2.28. The molecule has 1 saturated heterocycles. The molecule has 0 unspecified atom stereocenters. The predicted octanol–water partition coefficient (Wildman–Crippen LogP) is 3.95. The van der Waals surface area contributed by atoms with Crippen LogP contribution in [0.3, 0.4) is 0 Å². The highest BCUT2D eigenvalue weighted by Crippen LogP contribution is 2.30. The van der Waals surface area contributed by atoms with Crippen molar-refractivity contribution in [2.24, 2.45) is 5.92 Å². The van der Waals surface area contributed by atoms with Crippen LogP contribution in [0.4, 0.5) is 11.4 Å². The van der Waals surface area contributed by atoms with E-state index in [-0.39, 0.29) is 24.2 Å². The maximum absolute atomic E-state index is 12.5. The first kappa shape index (κ1) is 16.5. The Bertz CT molecular complexity index is 786. The third-order valence-corrected chi connectivity index (χ3v) is 4.73. The molecule has 1 N–H and O–H groups in total. The monoisotopic (exact) mass is 342 g/mol. The highest BCUT2D eigenvalue weighted by Gasteiger charge is 2.35. The van der Waals surface area contributed by atoms with Gasteiger partial charge in [0.1, 0.15) is 0 Å². The number of aryl methyl sites for hydroxylation is 1. The van der Waals surface area contributed by atoms with Crippen LogP contribution in [-0.2, 0) is 9.59 Å². The molecule has 2 aromatic carbocycles. The fraction of sp³-hybridized carbons (Fsp3) is 0.263. The van der Waals surface area contributed by atoms with Gasteiger partial charge in [-0.25, -0.2) is 0 Å². The van der Waals surface area contributed by atoms with Gasteiger partial charge >= 0.3 is 0 Å². The molecular weight excluding hydrogens is 324 g/mol. The summed E-state index contributed by atoms with van der Waals surface area (Å²) in [6.07, 6.45) is 0.229. The number of nitrogens with zero attached hydrogens (tertiary/aromatic N) is 1. The Labute approximate surface area is 146 Å². The predicted molar refractivity (Wildman–Crippen MR) is 96.5 cm³/mol. The smallest absolute Gasteiger partial charge is 0.229 e. The van der Waals surface area contributed by atoms with Gasteiger partial charge in [-0.15, -0.1) is 0 Å². The van der Waals surface area contributed by atoms with E-state index < -0.39 is 0 Å². The maximum Gasteiger partial charge on any atom is 0.229 e. The van der Waals surface area contributed by atoms with E-state index in [0.29, 0.717) is 17.3 Å². The van der Waals surface area contributed by atoms with Crippen molar-refractivity contribution < 1.29 is 9.59 Å². The molecule has 0 aliphatic carbocycles. The summed E-state index contributed by atoms with van der Waals surface area (Å²) in [4.78, 5) is 26.5. The number of hydrogen-bond donors (Lipinski definition) is 1. The number of hydrogen-bond acceptors (Lipinski definition) is 2. The first-order chi connectivity index (χ1) is 11.5. The summed E-state index contributed by atoms with van der Waals surface area (Å²) >= 11 is 5.84. The van der Waals surface area contributed by atoms with E-state index >= 15 is 0 Å². The van der Waals surface area contributed by atoms with Gasteiger partial charge in [-0.05, 0) is 55.3 Å². The lowest BCUT2D eigenvalue weighted by Gasteiger charge is -2.20. The van der Waals surface area contributed by atoms with Crippen molar-refractivity contribution in [1.29, 1.82) is 0 Å². The van der Waals surface area contributed by atoms with Crippen LogP contribution in [0, 0.1) is 19.8 Å². The Hall–Kier alpha value is -2.33. The zero-order valence-corrected chi connectivity index (χ0v) is 14.4. The molecule has 1 heterocycles. The summed E-state index contributed by atoms with van der Waals surface area (Å²) in [5.74, 6) is -0.508. The summed E-state index contributed by atoms with van der Waals surface area (Å²) < 4.78 is 0. The average Bonchev–Trinajstić information content (AvgIpc) is 2.94. The SMILES string of the molecule is Cc1cccc(N2C[C@H](C(=O)Nc3ccc(Cl)cc3)CC2=O)c1C. The van der Waals surface area contributed by atoms with Gasteiger partial charge in [-0.3, -0.25) is 9.59 Å². The van der Waals surface area contributed by atoms with Gasteiger partial charge in [-0.1, -0.05) is 23.7 Å². The van der Waals surface area contributed by atoms with Crippen molar-refractivity contribution in [2.75, 3.05) is 16.8 Å². The molecule has 1 aliphatic heterocycles. The Morgan fingerprint density at radius 2 is 1.88 bits per heavy atom. The molecule has 0 saturated carbocycles. The minimum absolute atomic E-state index is 0.0139. The minimum atomic E-state index is -0.354. The van der Waals surface area contributed by atoms with Gasteiger partial charge in [0.25, 0.3) is 0 Å². The molecule has 3 rings (SSSR count). The summed E-state index contributed by atoms with van der Waals surface area (Å²) in [6, 6.07) is 12.8. The topological polar surface area (TPSA) is 49.4 Å². The van der Waals surface area contributed by atoms with Gasteiger partial charge in [0.2, 0.25) is 11.8 Å². The molecule has 0 bridgehead atoms. The standard InChI is InChI=1S/C19H19ClN2O2/c1-12-4-3-5-17(13(12)2)22-11-14(10-18(22)23)19(24)21-16-8-6-15(20)7-9-16/h3-9,14H,10-11H2,1-2H3,(H,21,24)/t14-/m1/s1. The van der Waals surface area contributed by atoms with Crippen molar-refractivity contribution in [2.45, 2.75) is 20.3 Å². The van der Waals surface area contributed by atoms with Crippen LogP contribution in [0.15, 0.2) is 42.5 Å². The van der Waals surface area contributed by atoms with Gasteiger partial charge in [0, 0.05) is 29.4 Å². The zero-order valence-electron chi connectivity index (χ0n) is 13.7. The number of rotatable bonds is 3. The van der Waals surface area contributed by atoms with E-state index in [4.69, 9.17) is 11.6 Å². The third kappa shape index (κ3) is 3.29. The lowest BCUT2D eigenvalue weighted by atomic mass is 10.1. The number of benzene rings is 2. The van der Waals surface area contributed by atoms with Gasteiger partial charge in [-0.2, -0.15) is 0 Å². The molecule has 0 aromatic heterocycles. The van der Waals surface area contributed by atoms with Crippen molar-refractivity contribution in [3.63, 3.8) is 0 Å². The van der Waals surface area contributed by atoms with Crippen molar-refractivity contribution >= 4 is 34.8 Å². The quantitative estimate of drug-likeness (QED) is 0.918. The van der Waals surface area contributed by atoms with Crippen LogP contribution in [0.1, 0.15) is 17.5 Å². The van der Waals surface area contributed by atoms with Crippen LogP contribution >= 0.6 is 11.6 Å².